The van der Waals surface area contributed by atoms with Crippen LogP contribution < -0.4 is 5.32 Å². The number of thiophene rings is 1. The molecule has 0 fully saturated rings. The highest BCUT2D eigenvalue weighted by Gasteiger charge is 2.18. The highest BCUT2D eigenvalue weighted by molar-refractivity contribution is 7.08. The smallest absolute Gasteiger partial charge is 0.178 e. The van der Waals surface area contributed by atoms with E-state index < -0.39 is 12.0 Å². The molecule has 5 heterocycles. The summed E-state index contributed by atoms with van der Waals surface area (Å²) >= 11 is 1.62. The van der Waals surface area contributed by atoms with Crippen LogP contribution in [0.1, 0.15) is 19.8 Å². The molecule has 0 saturated carbocycles. The van der Waals surface area contributed by atoms with Gasteiger partial charge in [0.25, 0.3) is 0 Å². The van der Waals surface area contributed by atoms with Gasteiger partial charge in [-0.3, -0.25) is 10.1 Å². The number of nitrogens with zero attached hydrogens (tertiary/aromatic N) is 4. The number of rotatable bonds is 7. The van der Waals surface area contributed by atoms with Gasteiger partial charge in [0.15, 0.2) is 17.3 Å². The molecule has 0 radical (unpaired) electrons. The van der Waals surface area contributed by atoms with Crippen molar-refractivity contribution in [2.45, 2.75) is 26.0 Å². The van der Waals surface area contributed by atoms with Crippen LogP contribution in [0.3, 0.4) is 0 Å². The average Bonchev–Trinajstić information content (AvgIpc) is 3.63. The van der Waals surface area contributed by atoms with Crippen molar-refractivity contribution in [1.82, 2.24) is 30.1 Å². The summed E-state index contributed by atoms with van der Waals surface area (Å²) in [5.74, 6) is 0.0676. The summed E-state index contributed by atoms with van der Waals surface area (Å²) in [6.07, 6.45) is 5.81. The van der Waals surface area contributed by atoms with Crippen LogP contribution in [-0.2, 0) is 0 Å². The molecule has 8 nitrogen and oxygen atoms in total. The number of benzene rings is 1. The molecule has 6 rings (SSSR count). The van der Waals surface area contributed by atoms with Gasteiger partial charge in [-0.25, -0.2) is 14.4 Å². The van der Waals surface area contributed by atoms with Gasteiger partial charge in [0.2, 0.25) is 0 Å². The zero-order valence-corrected chi connectivity index (χ0v) is 20.1. The molecular formula is C26H22FN7OS. The first-order chi connectivity index (χ1) is 17.6. The Bertz CT molecular complexity index is 1680. The Morgan fingerprint density at radius 1 is 1.14 bits per heavy atom. The lowest BCUT2D eigenvalue weighted by Crippen LogP contribution is -2.18. The van der Waals surface area contributed by atoms with E-state index in [1.807, 2.05) is 36.6 Å². The first-order valence-electron chi connectivity index (χ1n) is 11.6. The lowest BCUT2D eigenvalue weighted by atomic mass is 10.0. The van der Waals surface area contributed by atoms with Gasteiger partial charge in [0.05, 0.1) is 17.4 Å². The van der Waals surface area contributed by atoms with E-state index in [9.17, 15) is 5.11 Å². The maximum absolute atomic E-state index is 15.1. The lowest BCUT2D eigenvalue weighted by molar-refractivity contribution is 0.192. The van der Waals surface area contributed by atoms with Crippen LogP contribution in [0.4, 0.5) is 10.1 Å². The second-order valence-electron chi connectivity index (χ2n) is 8.52. The molecule has 0 aliphatic carbocycles. The molecule has 1 atom stereocenters. The molecule has 0 saturated heterocycles. The fourth-order valence-corrected chi connectivity index (χ4v) is 4.98. The summed E-state index contributed by atoms with van der Waals surface area (Å²) in [6.45, 7) is 2.00. The Hall–Kier alpha value is -4.15. The Morgan fingerprint density at radius 2 is 2.06 bits per heavy atom. The predicted molar refractivity (Wildman–Crippen MR) is 140 cm³/mol. The number of H-pyrrole nitrogens is 2. The molecule has 0 aliphatic rings. The van der Waals surface area contributed by atoms with Crippen LogP contribution in [0.2, 0.25) is 0 Å². The number of pyridine rings is 2. The van der Waals surface area contributed by atoms with Crippen LogP contribution in [0.15, 0.2) is 59.7 Å². The Morgan fingerprint density at radius 3 is 2.89 bits per heavy atom. The molecule has 1 unspecified atom stereocenters. The second kappa shape index (κ2) is 9.14. The Kier molecular flexibility index (Phi) is 5.67. The minimum Gasteiger partial charge on any atom is -0.374 e. The maximum Gasteiger partial charge on any atom is 0.178 e. The van der Waals surface area contributed by atoms with Gasteiger partial charge in [-0.15, -0.1) is 0 Å². The predicted octanol–water partition coefficient (Wildman–Crippen LogP) is 5.96. The first kappa shape index (κ1) is 22.3. The van der Waals surface area contributed by atoms with Crippen molar-refractivity contribution in [3.8, 4) is 33.8 Å². The van der Waals surface area contributed by atoms with Crippen molar-refractivity contribution in [1.29, 1.82) is 0 Å². The third kappa shape index (κ3) is 4.00. The molecule has 0 bridgehead atoms. The summed E-state index contributed by atoms with van der Waals surface area (Å²) in [6, 6.07) is 9.13. The molecule has 0 aliphatic heterocycles. The van der Waals surface area contributed by atoms with E-state index in [-0.39, 0.29) is 5.52 Å². The monoisotopic (exact) mass is 499 g/mol. The standard InChI is InChI=1S/C26H22FN7OS/c1-2-3-21(35)30-17-8-16(11-28-12-17)15-9-19-22(20(27)10-15)33-34-24(19)26-31-23-18(14-5-7-36-13-14)4-6-29-25(23)32-26/h4-13,21,30,35H,2-3H2,1H3,(H,33,34)(H,29,31,32). The van der Waals surface area contributed by atoms with Crippen molar-refractivity contribution < 1.29 is 9.50 Å². The average molecular weight is 500 g/mol. The molecular weight excluding hydrogens is 477 g/mol. The van der Waals surface area contributed by atoms with Gasteiger partial charge in [0.1, 0.15) is 17.4 Å². The van der Waals surface area contributed by atoms with Crippen molar-refractivity contribution >= 4 is 39.1 Å². The van der Waals surface area contributed by atoms with Crippen LogP contribution in [0.25, 0.3) is 55.8 Å². The van der Waals surface area contributed by atoms with Crippen molar-refractivity contribution in [2.75, 3.05) is 5.32 Å². The SMILES string of the molecule is CCCC(O)Nc1cncc(-c2cc(F)c3n[nH]c(-c4nc5nccc(-c6ccsc6)c5[nH]4)c3c2)c1. The lowest BCUT2D eigenvalue weighted by Gasteiger charge is -2.13. The number of aliphatic hydroxyl groups is 1. The minimum atomic E-state index is -0.674. The van der Waals surface area contributed by atoms with Gasteiger partial charge in [-0.05, 0) is 58.6 Å². The first-order valence-corrected chi connectivity index (χ1v) is 12.5. The number of fused-ring (bicyclic) bond motifs is 2. The van der Waals surface area contributed by atoms with Crippen LogP contribution >= 0.6 is 11.3 Å². The molecule has 10 heteroatoms. The Labute approximate surface area is 209 Å². The van der Waals surface area contributed by atoms with E-state index in [2.05, 4.69) is 40.8 Å². The van der Waals surface area contributed by atoms with Gasteiger partial charge in [-0.1, -0.05) is 13.3 Å². The van der Waals surface area contributed by atoms with Crippen LogP contribution in [-0.4, -0.2) is 41.5 Å². The summed E-state index contributed by atoms with van der Waals surface area (Å²) in [7, 11) is 0. The molecule has 6 aromatic rings. The number of halogens is 1. The van der Waals surface area contributed by atoms with Crippen molar-refractivity contribution in [2.24, 2.45) is 0 Å². The fourth-order valence-electron chi connectivity index (χ4n) is 4.32. The van der Waals surface area contributed by atoms with E-state index in [0.717, 1.165) is 23.1 Å². The maximum atomic E-state index is 15.1. The molecule has 0 amide bonds. The summed E-state index contributed by atoms with van der Waals surface area (Å²) in [5, 5.41) is 25.0. The molecule has 5 aromatic heterocycles. The molecule has 0 spiro atoms. The number of aromatic nitrogens is 6. The van der Waals surface area contributed by atoms with Crippen LogP contribution in [0.5, 0.6) is 0 Å². The van der Waals surface area contributed by atoms with Gasteiger partial charge in [-0.2, -0.15) is 16.4 Å². The molecule has 36 heavy (non-hydrogen) atoms. The number of anilines is 1. The van der Waals surface area contributed by atoms with Gasteiger partial charge < -0.3 is 15.4 Å². The molecule has 1 aromatic carbocycles. The van der Waals surface area contributed by atoms with E-state index in [4.69, 9.17) is 0 Å². The third-order valence-corrected chi connectivity index (χ3v) is 6.72. The summed E-state index contributed by atoms with van der Waals surface area (Å²) in [5.41, 5.74) is 6.25. The number of aromatic amines is 2. The van der Waals surface area contributed by atoms with Gasteiger partial charge in [0, 0.05) is 28.9 Å². The zero-order valence-electron chi connectivity index (χ0n) is 19.3. The highest BCUT2D eigenvalue weighted by atomic mass is 32.1. The number of aliphatic hydroxyl groups excluding tert-OH is 1. The minimum absolute atomic E-state index is 0.223. The third-order valence-electron chi connectivity index (χ3n) is 6.04. The van der Waals surface area contributed by atoms with E-state index in [0.29, 0.717) is 45.8 Å². The summed E-state index contributed by atoms with van der Waals surface area (Å²) < 4.78 is 15.1. The highest BCUT2D eigenvalue weighted by Crippen LogP contribution is 2.34. The topological polar surface area (TPSA) is 115 Å². The van der Waals surface area contributed by atoms with Crippen LogP contribution in [0, 0.1) is 5.82 Å². The summed E-state index contributed by atoms with van der Waals surface area (Å²) in [4.78, 5) is 16.7. The number of hydrogen-bond donors (Lipinski definition) is 4. The van der Waals surface area contributed by atoms with E-state index in [1.165, 1.54) is 6.07 Å². The zero-order chi connectivity index (χ0) is 24.6. The Balaban J connectivity index is 1.43. The van der Waals surface area contributed by atoms with Crippen molar-refractivity contribution in [3.05, 3.63) is 65.5 Å². The molecule has 4 N–H and O–H groups in total. The van der Waals surface area contributed by atoms with E-state index >= 15 is 4.39 Å². The molecule has 180 valence electrons. The number of imidazole rings is 1. The second-order valence-corrected chi connectivity index (χ2v) is 9.30. The number of hydrogen-bond acceptors (Lipinski definition) is 7. The van der Waals surface area contributed by atoms with Gasteiger partial charge >= 0.3 is 0 Å². The van der Waals surface area contributed by atoms with Crippen molar-refractivity contribution in [3.63, 3.8) is 0 Å². The normalized spacial score (nSPS) is 12.4. The largest absolute Gasteiger partial charge is 0.374 e. The quantitative estimate of drug-likeness (QED) is 0.201. The van der Waals surface area contributed by atoms with E-state index in [1.54, 1.807) is 29.9 Å². The fraction of sp³-hybridized carbons (Fsp3) is 0.154. The number of nitrogens with one attached hydrogen (secondary N) is 3.